The van der Waals surface area contributed by atoms with Gasteiger partial charge >= 0.3 is 0 Å². The van der Waals surface area contributed by atoms with Gasteiger partial charge in [-0.25, -0.2) is 0 Å². The van der Waals surface area contributed by atoms with Gasteiger partial charge in [0, 0.05) is 49.2 Å². The van der Waals surface area contributed by atoms with Crippen molar-refractivity contribution in [1.29, 1.82) is 0 Å². The lowest BCUT2D eigenvalue weighted by Crippen LogP contribution is -2.50. The van der Waals surface area contributed by atoms with Crippen LogP contribution in [0.25, 0.3) is 0 Å². The first-order chi connectivity index (χ1) is 17.9. The molecule has 8 heteroatoms. The van der Waals surface area contributed by atoms with Gasteiger partial charge in [-0.05, 0) is 63.1 Å². The Bertz CT molecular complexity index is 1060. The zero-order chi connectivity index (χ0) is 26.4. The molecule has 1 aliphatic heterocycles. The molecule has 0 radical (unpaired) electrons. The van der Waals surface area contributed by atoms with Crippen LogP contribution < -0.4 is 10.1 Å². The van der Waals surface area contributed by atoms with Gasteiger partial charge in [-0.3, -0.25) is 14.6 Å². The Labute approximate surface area is 220 Å². The quantitative estimate of drug-likeness (QED) is 0.558. The number of amides is 2. The summed E-state index contributed by atoms with van der Waals surface area (Å²) < 4.78 is 6.51. The highest BCUT2D eigenvalue weighted by Gasteiger charge is 2.34. The molecular formula is C29H40N4O4. The maximum absolute atomic E-state index is 13.6. The van der Waals surface area contributed by atoms with Crippen molar-refractivity contribution in [3.63, 3.8) is 0 Å². The van der Waals surface area contributed by atoms with Crippen LogP contribution in [-0.4, -0.2) is 77.1 Å². The van der Waals surface area contributed by atoms with Crippen molar-refractivity contribution in [2.24, 2.45) is 11.8 Å². The number of fused-ring (bicyclic) bond motifs is 1. The van der Waals surface area contributed by atoms with Crippen molar-refractivity contribution < 1.29 is 19.4 Å². The van der Waals surface area contributed by atoms with Crippen molar-refractivity contribution in [3.8, 4) is 5.75 Å². The number of likely N-dealkylation sites (N-methyl/N-ethyl adjacent to an activating group) is 1. The number of anilines is 1. The zero-order valence-electron chi connectivity index (χ0n) is 22.2. The normalized spacial score (nSPS) is 21.5. The minimum absolute atomic E-state index is 0.0750. The number of rotatable bonds is 8. The number of aromatic nitrogens is 1. The Morgan fingerprint density at radius 2 is 1.92 bits per heavy atom. The van der Waals surface area contributed by atoms with Crippen LogP contribution in [-0.2, 0) is 0 Å². The molecule has 2 N–H and O–H groups in total. The van der Waals surface area contributed by atoms with E-state index in [1.807, 2.05) is 6.92 Å². The van der Waals surface area contributed by atoms with Crippen LogP contribution in [0.4, 0.5) is 5.69 Å². The Kier molecular flexibility index (Phi) is 9.16. The van der Waals surface area contributed by atoms with Gasteiger partial charge < -0.3 is 25.0 Å². The van der Waals surface area contributed by atoms with Gasteiger partial charge in [0.15, 0.2) is 0 Å². The number of pyridine rings is 1. The Morgan fingerprint density at radius 3 is 2.62 bits per heavy atom. The molecule has 0 bridgehead atoms. The van der Waals surface area contributed by atoms with Crippen LogP contribution in [0, 0.1) is 11.8 Å². The lowest BCUT2D eigenvalue weighted by atomic mass is 9.89. The van der Waals surface area contributed by atoms with Crippen molar-refractivity contribution in [2.45, 2.75) is 58.1 Å². The van der Waals surface area contributed by atoms with Crippen molar-refractivity contribution >= 4 is 17.5 Å². The van der Waals surface area contributed by atoms with Gasteiger partial charge in [0.05, 0.1) is 18.2 Å². The molecule has 1 saturated carbocycles. The number of benzene rings is 1. The van der Waals surface area contributed by atoms with Gasteiger partial charge in [-0.15, -0.1) is 0 Å². The molecule has 1 aromatic carbocycles. The highest BCUT2D eigenvalue weighted by atomic mass is 16.5. The lowest BCUT2D eigenvalue weighted by molar-refractivity contribution is 0.0330. The number of nitrogens with zero attached hydrogens (tertiary/aromatic N) is 3. The van der Waals surface area contributed by atoms with E-state index in [1.165, 1.54) is 32.1 Å². The molecule has 3 atom stereocenters. The van der Waals surface area contributed by atoms with E-state index in [-0.39, 0.29) is 36.5 Å². The third-order valence-corrected chi connectivity index (χ3v) is 7.65. The lowest BCUT2D eigenvalue weighted by Gasteiger charge is -2.38. The average molecular weight is 509 g/mol. The number of carbonyl (C=O) groups is 2. The molecule has 1 fully saturated rings. The van der Waals surface area contributed by atoms with E-state index >= 15 is 0 Å². The largest absolute Gasteiger partial charge is 0.488 e. The predicted molar refractivity (Wildman–Crippen MR) is 144 cm³/mol. The van der Waals surface area contributed by atoms with Gasteiger partial charge in [-0.2, -0.15) is 0 Å². The summed E-state index contributed by atoms with van der Waals surface area (Å²) in [5.41, 5.74) is 1.38. The summed E-state index contributed by atoms with van der Waals surface area (Å²) in [5.74, 6) is 0.819. The molecule has 4 rings (SSSR count). The second kappa shape index (κ2) is 12.5. The molecule has 8 nitrogen and oxygen atoms in total. The van der Waals surface area contributed by atoms with Gasteiger partial charge in [0.1, 0.15) is 11.9 Å². The monoisotopic (exact) mass is 508 g/mol. The van der Waals surface area contributed by atoms with Crippen LogP contribution >= 0.6 is 0 Å². The minimum Gasteiger partial charge on any atom is -0.488 e. The van der Waals surface area contributed by atoms with Crippen LogP contribution in [0.2, 0.25) is 0 Å². The average Bonchev–Trinajstić information content (AvgIpc) is 2.91. The number of nitrogens with one attached hydrogen (secondary N) is 1. The number of hydrogen-bond donors (Lipinski definition) is 2. The summed E-state index contributed by atoms with van der Waals surface area (Å²) in [6, 6.07) is 8.14. The Morgan fingerprint density at radius 1 is 1.19 bits per heavy atom. The first kappa shape index (κ1) is 27.1. The maximum Gasteiger partial charge on any atom is 0.258 e. The van der Waals surface area contributed by atoms with Gasteiger partial charge in [-0.1, -0.05) is 26.2 Å². The second-order valence-electron chi connectivity index (χ2n) is 10.7. The number of hydrogen-bond acceptors (Lipinski definition) is 6. The van der Waals surface area contributed by atoms with Crippen LogP contribution in [0.15, 0.2) is 42.7 Å². The minimum atomic E-state index is -0.336. The molecule has 1 aliphatic carbocycles. The van der Waals surface area contributed by atoms with E-state index in [2.05, 4.69) is 29.2 Å². The fourth-order valence-electron chi connectivity index (χ4n) is 5.42. The fraction of sp³-hybridized carbons (Fsp3) is 0.552. The summed E-state index contributed by atoms with van der Waals surface area (Å²) in [4.78, 5) is 34.4. The van der Waals surface area contributed by atoms with E-state index in [4.69, 9.17) is 4.74 Å². The van der Waals surface area contributed by atoms with Crippen LogP contribution in [0.5, 0.6) is 5.75 Å². The molecule has 0 unspecified atom stereocenters. The summed E-state index contributed by atoms with van der Waals surface area (Å²) in [6.07, 6.45) is 9.57. The zero-order valence-corrected chi connectivity index (χ0v) is 22.2. The third kappa shape index (κ3) is 6.87. The van der Waals surface area contributed by atoms with E-state index in [0.717, 1.165) is 19.0 Å². The summed E-state index contributed by atoms with van der Waals surface area (Å²) in [5, 5.41) is 12.8. The van der Waals surface area contributed by atoms with Crippen molar-refractivity contribution in [2.75, 3.05) is 38.6 Å². The van der Waals surface area contributed by atoms with Crippen LogP contribution in [0.3, 0.4) is 0 Å². The molecule has 2 amide bonds. The molecule has 2 heterocycles. The van der Waals surface area contributed by atoms with Crippen LogP contribution in [0.1, 0.15) is 66.7 Å². The van der Waals surface area contributed by atoms with E-state index in [9.17, 15) is 14.7 Å². The van der Waals surface area contributed by atoms with E-state index < -0.39 is 0 Å². The number of ether oxygens (including phenoxy) is 1. The van der Waals surface area contributed by atoms with Crippen molar-refractivity contribution in [3.05, 3.63) is 53.9 Å². The van der Waals surface area contributed by atoms with Crippen molar-refractivity contribution in [1.82, 2.24) is 14.8 Å². The fourth-order valence-corrected chi connectivity index (χ4v) is 5.42. The smallest absolute Gasteiger partial charge is 0.258 e. The molecule has 2 aliphatic rings. The molecule has 0 saturated heterocycles. The topological polar surface area (TPSA) is 95.0 Å². The highest BCUT2D eigenvalue weighted by Crippen LogP contribution is 2.31. The summed E-state index contributed by atoms with van der Waals surface area (Å²) in [7, 11) is 2.15. The first-order valence-corrected chi connectivity index (χ1v) is 13.5. The molecule has 0 spiro atoms. The molecule has 200 valence electrons. The SMILES string of the molecule is C[C@@H]1CN([C@H](C)CO)C(=O)c2cc(NC(=O)c3ccncc3)ccc2O[C@@H]1CN(C)CC1CCCCC1. The molecular weight excluding hydrogens is 468 g/mol. The Hall–Kier alpha value is -2.97. The maximum atomic E-state index is 13.6. The highest BCUT2D eigenvalue weighted by molar-refractivity contribution is 6.05. The standard InChI is InChI=1S/C29H40N4O4/c1-20-16-33(21(2)19-34)29(36)25-15-24(31-28(35)23-11-13-30-14-12-23)9-10-26(25)37-27(20)18-32(3)17-22-7-5-4-6-8-22/h9-15,20-22,27,34H,4-8,16-19H2,1-3H3,(H,31,35)/t20-,21-,27-/m1/s1. The molecule has 2 aromatic rings. The second-order valence-corrected chi connectivity index (χ2v) is 10.7. The predicted octanol–water partition coefficient (Wildman–Crippen LogP) is 4.07. The number of carbonyl (C=O) groups excluding carboxylic acids is 2. The summed E-state index contributed by atoms with van der Waals surface area (Å²) in [6.45, 7) is 6.13. The molecule has 1 aromatic heterocycles. The van der Waals surface area contributed by atoms with Gasteiger partial charge in [0.2, 0.25) is 0 Å². The summed E-state index contributed by atoms with van der Waals surface area (Å²) >= 11 is 0. The van der Waals surface area contributed by atoms with E-state index in [1.54, 1.807) is 47.6 Å². The first-order valence-electron chi connectivity index (χ1n) is 13.5. The molecule has 37 heavy (non-hydrogen) atoms. The van der Waals surface area contributed by atoms with E-state index in [0.29, 0.717) is 29.1 Å². The Balaban J connectivity index is 1.57. The number of aliphatic hydroxyl groups excluding tert-OH is 1. The van der Waals surface area contributed by atoms with Gasteiger partial charge in [0.25, 0.3) is 11.8 Å². The third-order valence-electron chi connectivity index (χ3n) is 7.65. The number of aliphatic hydroxyl groups is 1.